The maximum atomic E-state index is 12.8. The first-order chi connectivity index (χ1) is 13.1. The second-order valence-electron chi connectivity index (χ2n) is 6.34. The standard InChI is InChI=1S/C19H23N5O3/c1-20-18(25)13-5-6-17(27-2)16(10-13)23-19(26)24-9-3-4-14(11-24)15-7-8-21-12-22-15/h5-8,10,12,14H,3-4,9,11H2,1-2H3,(H,20,25)(H,23,26)/t14-/m1/s1. The van der Waals surface area contributed by atoms with Gasteiger partial charge in [0.25, 0.3) is 5.91 Å². The highest BCUT2D eigenvalue weighted by molar-refractivity contribution is 5.97. The minimum absolute atomic E-state index is 0.187. The van der Waals surface area contributed by atoms with Crippen molar-refractivity contribution in [2.24, 2.45) is 0 Å². The van der Waals surface area contributed by atoms with Crippen molar-refractivity contribution >= 4 is 17.6 Å². The molecule has 3 amide bonds. The number of amides is 3. The molecule has 0 radical (unpaired) electrons. The molecule has 0 spiro atoms. The zero-order valence-corrected chi connectivity index (χ0v) is 15.4. The highest BCUT2D eigenvalue weighted by Gasteiger charge is 2.26. The molecule has 8 heteroatoms. The molecule has 1 saturated heterocycles. The first-order valence-corrected chi connectivity index (χ1v) is 8.84. The molecule has 142 valence electrons. The van der Waals surface area contributed by atoms with Gasteiger partial charge >= 0.3 is 6.03 Å². The molecule has 0 saturated carbocycles. The quantitative estimate of drug-likeness (QED) is 0.862. The van der Waals surface area contributed by atoms with Crippen LogP contribution in [-0.2, 0) is 0 Å². The summed E-state index contributed by atoms with van der Waals surface area (Å²) >= 11 is 0. The van der Waals surface area contributed by atoms with Gasteiger partial charge in [-0.25, -0.2) is 14.8 Å². The molecular formula is C19H23N5O3. The largest absolute Gasteiger partial charge is 0.495 e. The van der Waals surface area contributed by atoms with Crippen molar-refractivity contribution in [2.45, 2.75) is 18.8 Å². The van der Waals surface area contributed by atoms with E-state index in [4.69, 9.17) is 4.74 Å². The maximum absolute atomic E-state index is 12.8. The molecule has 27 heavy (non-hydrogen) atoms. The van der Waals surface area contributed by atoms with Gasteiger partial charge in [-0.05, 0) is 37.1 Å². The van der Waals surface area contributed by atoms with Crippen molar-refractivity contribution < 1.29 is 14.3 Å². The molecule has 2 aromatic rings. The molecule has 1 aromatic carbocycles. The van der Waals surface area contributed by atoms with E-state index in [1.807, 2.05) is 6.07 Å². The van der Waals surface area contributed by atoms with Gasteiger partial charge < -0.3 is 20.3 Å². The molecule has 1 aliphatic rings. The smallest absolute Gasteiger partial charge is 0.321 e. The number of benzene rings is 1. The number of carbonyl (C=O) groups excluding carboxylic acids is 2. The fourth-order valence-corrected chi connectivity index (χ4v) is 3.23. The predicted molar refractivity (Wildman–Crippen MR) is 101 cm³/mol. The Bertz CT molecular complexity index is 812. The van der Waals surface area contributed by atoms with Crippen LogP contribution in [0.25, 0.3) is 0 Å². The molecular weight excluding hydrogens is 346 g/mol. The van der Waals surface area contributed by atoms with Crippen molar-refractivity contribution in [1.29, 1.82) is 0 Å². The summed E-state index contributed by atoms with van der Waals surface area (Å²) in [5.41, 5.74) is 1.86. The number of rotatable bonds is 4. The molecule has 1 fully saturated rings. The van der Waals surface area contributed by atoms with Crippen LogP contribution in [0.2, 0.25) is 0 Å². The molecule has 2 N–H and O–H groups in total. The van der Waals surface area contributed by atoms with Crippen molar-refractivity contribution in [2.75, 3.05) is 32.6 Å². The Morgan fingerprint density at radius 3 is 2.85 bits per heavy atom. The number of nitrogens with one attached hydrogen (secondary N) is 2. The molecule has 0 unspecified atom stereocenters. The molecule has 0 bridgehead atoms. The Balaban J connectivity index is 1.73. The minimum atomic E-state index is -0.227. The molecule has 2 heterocycles. The van der Waals surface area contributed by atoms with Crippen molar-refractivity contribution in [3.63, 3.8) is 0 Å². The lowest BCUT2D eigenvalue weighted by atomic mass is 9.95. The van der Waals surface area contributed by atoms with E-state index in [1.165, 1.54) is 13.4 Å². The van der Waals surface area contributed by atoms with Gasteiger partial charge in [0, 0.05) is 43.5 Å². The summed E-state index contributed by atoms with van der Waals surface area (Å²) in [7, 11) is 3.09. The van der Waals surface area contributed by atoms with Gasteiger partial charge in [0.2, 0.25) is 0 Å². The van der Waals surface area contributed by atoms with Gasteiger partial charge in [-0.3, -0.25) is 4.79 Å². The number of ether oxygens (including phenoxy) is 1. The van der Waals surface area contributed by atoms with Crippen LogP contribution in [-0.4, -0.2) is 54.1 Å². The van der Waals surface area contributed by atoms with Crippen molar-refractivity contribution in [3.8, 4) is 5.75 Å². The second kappa shape index (κ2) is 8.48. The summed E-state index contributed by atoms with van der Waals surface area (Å²) in [5, 5.41) is 5.44. The molecule has 1 atom stereocenters. The summed E-state index contributed by atoms with van der Waals surface area (Å²) in [5.74, 6) is 0.460. The summed E-state index contributed by atoms with van der Waals surface area (Å²) in [6.45, 7) is 1.26. The van der Waals surface area contributed by atoms with Crippen LogP contribution in [0.5, 0.6) is 5.75 Å². The maximum Gasteiger partial charge on any atom is 0.321 e. The predicted octanol–water partition coefficient (Wildman–Crippen LogP) is 2.26. The number of likely N-dealkylation sites (tertiary alicyclic amines) is 1. The van der Waals surface area contributed by atoms with Gasteiger partial charge in [-0.1, -0.05) is 0 Å². The van der Waals surface area contributed by atoms with Gasteiger partial charge in [0.05, 0.1) is 12.8 Å². The minimum Gasteiger partial charge on any atom is -0.495 e. The lowest BCUT2D eigenvalue weighted by Crippen LogP contribution is -2.41. The Morgan fingerprint density at radius 2 is 2.15 bits per heavy atom. The van der Waals surface area contributed by atoms with Gasteiger partial charge in [-0.15, -0.1) is 0 Å². The number of aromatic nitrogens is 2. The Labute approximate surface area is 158 Å². The summed E-state index contributed by atoms with van der Waals surface area (Å²) in [6, 6.07) is 6.60. The van der Waals surface area contributed by atoms with Crippen LogP contribution in [0.4, 0.5) is 10.5 Å². The number of hydrogen-bond donors (Lipinski definition) is 2. The highest BCUT2D eigenvalue weighted by atomic mass is 16.5. The zero-order chi connectivity index (χ0) is 19.2. The molecule has 1 aliphatic heterocycles. The van der Waals surface area contributed by atoms with Crippen LogP contribution in [0, 0.1) is 0 Å². The lowest BCUT2D eigenvalue weighted by Gasteiger charge is -2.32. The number of methoxy groups -OCH3 is 1. The van der Waals surface area contributed by atoms with E-state index < -0.39 is 0 Å². The number of nitrogens with zero attached hydrogens (tertiary/aromatic N) is 3. The third-order valence-corrected chi connectivity index (χ3v) is 4.66. The lowest BCUT2D eigenvalue weighted by molar-refractivity contribution is 0.0963. The number of anilines is 1. The van der Waals surface area contributed by atoms with Crippen molar-refractivity contribution in [3.05, 3.63) is 48.0 Å². The van der Waals surface area contributed by atoms with Crippen LogP contribution in [0.3, 0.4) is 0 Å². The highest BCUT2D eigenvalue weighted by Crippen LogP contribution is 2.28. The second-order valence-corrected chi connectivity index (χ2v) is 6.34. The van der Waals surface area contributed by atoms with Crippen LogP contribution >= 0.6 is 0 Å². The van der Waals surface area contributed by atoms with E-state index in [9.17, 15) is 9.59 Å². The molecule has 1 aromatic heterocycles. The first-order valence-electron chi connectivity index (χ1n) is 8.84. The molecule has 3 rings (SSSR count). The van der Waals surface area contributed by atoms with Crippen molar-refractivity contribution in [1.82, 2.24) is 20.2 Å². The van der Waals surface area contributed by atoms with E-state index >= 15 is 0 Å². The summed E-state index contributed by atoms with van der Waals surface area (Å²) < 4.78 is 5.31. The third kappa shape index (κ3) is 4.33. The van der Waals surface area contributed by atoms with Crippen LogP contribution in [0.1, 0.15) is 34.8 Å². The van der Waals surface area contributed by atoms with Gasteiger partial charge in [0.15, 0.2) is 0 Å². The van der Waals surface area contributed by atoms with E-state index in [0.29, 0.717) is 30.1 Å². The van der Waals surface area contributed by atoms with E-state index in [0.717, 1.165) is 18.5 Å². The Kier molecular flexibility index (Phi) is 5.85. The Hall–Kier alpha value is -3.16. The van der Waals surface area contributed by atoms with Crippen LogP contribution < -0.4 is 15.4 Å². The number of urea groups is 1. The molecule has 0 aliphatic carbocycles. The average Bonchev–Trinajstić information content (AvgIpc) is 2.73. The third-order valence-electron chi connectivity index (χ3n) is 4.66. The normalized spacial score (nSPS) is 16.5. The van der Waals surface area contributed by atoms with E-state index in [1.54, 1.807) is 36.3 Å². The number of hydrogen-bond acceptors (Lipinski definition) is 5. The number of piperidine rings is 1. The fraction of sp³-hybridized carbons (Fsp3) is 0.368. The van der Waals surface area contributed by atoms with Crippen LogP contribution in [0.15, 0.2) is 36.8 Å². The van der Waals surface area contributed by atoms with E-state index in [-0.39, 0.29) is 17.9 Å². The summed E-state index contributed by atoms with van der Waals surface area (Å²) in [4.78, 5) is 34.7. The van der Waals surface area contributed by atoms with E-state index in [2.05, 4.69) is 20.6 Å². The van der Waals surface area contributed by atoms with Gasteiger partial charge in [0.1, 0.15) is 12.1 Å². The first kappa shape index (κ1) is 18.6. The monoisotopic (exact) mass is 369 g/mol. The topological polar surface area (TPSA) is 96.5 Å². The molecule has 8 nitrogen and oxygen atoms in total. The fourth-order valence-electron chi connectivity index (χ4n) is 3.23. The zero-order valence-electron chi connectivity index (χ0n) is 15.4. The Morgan fingerprint density at radius 1 is 1.30 bits per heavy atom. The summed E-state index contributed by atoms with van der Waals surface area (Å²) in [6.07, 6.45) is 5.13. The number of carbonyl (C=O) groups is 2. The SMILES string of the molecule is CNC(=O)c1ccc(OC)c(NC(=O)N2CCC[C@@H](c3ccncn3)C2)c1. The van der Waals surface area contributed by atoms with Gasteiger partial charge in [-0.2, -0.15) is 0 Å². The average molecular weight is 369 g/mol.